The molecule has 186 valence electrons. The van der Waals surface area contributed by atoms with E-state index in [0.717, 1.165) is 44.4 Å². The van der Waals surface area contributed by atoms with Gasteiger partial charge in [0.2, 0.25) is 11.8 Å². The molecule has 4 aromatic heterocycles. The Morgan fingerprint density at radius 3 is 2.54 bits per heavy atom. The Morgan fingerprint density at radius 1 is 0.821 bits per heavy atom. The number of rotatable bonds is 3. The molecule has 39 heavy (non-hydrogen) atoms. The molecule has 0 saturated carbocycles. The lowest BCUT2D eigenvalue weighted by molar-refractivity contribution is 0.402. The number of pyridine rings is 1. The maximum absolute atomic E-state index is 6.52. The van der Waals surface area contributed by atoms with Crippen LogP contribution in [0.5, 0.6) is 11.8 Å². The summed E-state index contributed by atoms with van der Waals surface area (Å²) < 4.78 is 10.1. The van der Waals surface area contributed by atoms with Crippen molar-refractivity contribution in [2.45, 2.75) is 12.8 Å². The minimum Gasteiger partial charge on any atom is -0.420 e. The van der Waals surface area contributed by atoms with E-state index in [0.29, 0.717) is 23.2 Å². The number of hydrogen-bond donors (Lipinski definition) is 0. The highest BCUT2D eigenvalue weighted by Gasteiger charge is 2.38. The fraction of sp³-hybridized carbons (Fsp3) is 0.0645. The van der Waals surface area contributed by atoms with Crippen LogP contribution in [-0.2, 0) is 0 Å². The van der Waals surface area contributed by atoms with Crippen LogP contribution in [0.4, 0.5) is 0 Å². The largest absolute Gasteiger partial charge is 0.420 e. The topological polar surface area (TPSA) is 83.0 Å². The molecule has 8 nitrogen and oxygen atoms in total. The summed E-state index contributed by atoms with van der Waals surface area (Å²) in [7, 11) is 0. The van der Waals surface area contributed by atoms with Crippen molar-refractivity contribution < 1.29 is 4.74 Å². The predicted octanol–water partition coefficient (Wildman–Crippen LogP) is 6.12. The summed E-state index contributed by atoms with van der Waals surface area (Å²) in [6, 6.07) is 28.4. The second kappa shape index (κ2) is 8.32. The lowest BCUT2D eigenvalue weighted by atomic mass is 9.85. The number of fused-ring (bicyclic) bond motifs is 5. The Kier molecular flexibility index (Phi) is 4.63. The van der Waals surface area contributed by atoms with Gasteiger partial charge in [-0.3, -0.25) is 4.98 Å². The van der Waals surface area contributed by atoms with Crippen LogP contribution >= 0.6 is 0 Å². The molecule has 0 bridgehead atoms. The first-order chi connectivity index (χ1) is 19.3. The zero-order valence-electron chi connectivity index (χ0n) is 20.9. The highest BCUT2D eigenvalue weighted by Crippen LogP contribution is 2.49. The Hall–Kier alpha value is -5.37. The summed E-state index contributed by atoms with van der Waals surface area (Å²) in [5.41, 5.74) is 6.24. The van der Waals surface area contributed by atoms with E-state index in [-0.39, 0.29) is 5.92 Å². The van der Waals surface area contributed by atoms with Gasteiger partial charge in [-0.1, -0.05) is 66.7 Å². The van der Waals surface area contributed by atoms with Crippen molar-refractivity contribution >= 4 is 16.4 Å². The fourth-order valence-corrected chi connectivity index (χ4v) is 5.54. The van der Waals surface area contributed by atoms with Crippen LogP contribution in [0.25, 0.3) is 33.5 Å². The highest BCUT2D eigenvalue weighted by molar-refractivity contribution is 5.95. The maximum Gasteiger partial charge on any atom is 0.230 e. The van der Waals surface area contributed by atoms with Crippen molar-refractivity contribution in [3.8, 4) is 28.8 Å². The van der Waals surface area contributed by atoms with Gasteiger partial charge in [0, 0.05) is 18.0 Å². The van der Waals surface area contributed by atoms with Gasteiger partial charge in [0.1, 0.15) is 6.33 Å². The number of ether oxygens (including phenoxy) is 1. The van der Waals surface area contributed by atoms with Gasteiger partial charge >= 0.3 is 0 Å². The van der Waals surface area contributed by atoms with Crippen molar-refractivity contribution in [1.29, 1.82) is 0 Å². The van der Waals surface area contributed by atoms with E-state index >= 15 is 0 Å². The zero-order valence-corrected chi connectivity index (χ0v) is 20.9. The van der Waals surface area contributed by atoms with E-state index in [9.17, 15) is 0 Å². The third kappa shape index (κ3) is 3.28. The molecule has 8 heteroatoms. The molecule has 0 amide bonds. The molecule has 7 aromatic rings. The monoisotopic (exact) mass is 507 g/mol. The Balaban J connectivity index is 1.38. The molecule has 1 aliphatic rings. The Labute approximate surface area is 223 Å². The van der Waals surface area contributed by atoms with E-state index in [2.05, 4.69) is 35.3 Å². The molecule has 1 atom stereocenters. The molecule has 5 heterocycles. The van der Waals surface area contributed by atoms with Gasteiger partial charge in [0.25, 0.3) is 0 Å². The second-order valence-electron chi connectivity index (χ2n) is 9.57. The molecule has 0 N–H and O–H groups in total. The molecule has 0 fully saturated rings. The lowest BCUT2D eigenvalue weighted by Crippen LogP contribution is -2.16. The number of benzene rings is 3. The maximum atomic E-state index is 6.52. The SMILES string of the molecule is Cc1nn(-c2ccccc2)c2c1[C@@H](c1cccnc1)c1c(ncn3nc(-c4cccc5ccccc45)nc13)O2. The van der Waals surface area contributed by atoms with E-state index in [1.165, 1.54) is 0 Å². The quantitative estimate of drug-likeness (QED) is 0.287. The van der Waals surface area contributed by atoms with Crippen LogP contribution in [0.1, 0.15) is 28.3 Å². The molecule has 0 unspecified atom stereocenters. The van der Waals surface area contributed by atoms with Gasteiger partial charge in [0.05, 0.1) is 28.4 Å². The summed E-state index contributed by atoms with van der Waals surface area (Å²) in [5.74, 6) is 1.52. The highest BCUT2D eigenvalue weighted by atomic mass is 16.5. The first-order valence-corrected chi connectivity index (χ1v) is 12.7. The molecule has 0 saturated heterocycles. The van der Waals surface area contributed by atoms with Gasteiger partial charge < -0.3 is 4.74 Å². The average molecular weight is 508 g/mol. The minimum absolute atomic E-state index is 0.240. The Bertz CT molecular complexity index is 2010. The first kappa shape index (κ1) is 21.7. The third-order valence-electron chi connectivity index (χ3n) is 7.27. The molecule has 0 aliphatic carbocycles. The molecular formula is C31H21N7O. The number of aryl methyl sites for hydroxylation is 1. The summed E-state index contributed by atoms with van der Waals surface area (Å²) in [6.07, 6.45) is 5.32. The number of hydrogen-bond acceptors (Lipinski definition) is 6. The minimum atomic E-state index is -0.240. The van der Waals surface area contributed by atoms with Gasteiger partial charge in [-0.05, 0) is 41.5 Å². The standard InChI is InChI=1S/C31H21N7O/c1-19-25-26(21-11-8-16-32-17-21)27-29-34-28(24-15-7-10-20-9-5-6-14-23(20)24)36-37(29)18-33-30(27)39-31(25)38(35-19)22-12-3-2-4-13-22/h2-18,26H,1H3/t26-/m1/s1. The predicted molar refractivity (Wildman–Crippen MR) is 147 cm³/mol. The molecular weight excluding hydrogens is 486 g/mol. The van der Waals surface area contributed by atoms with Crippen LogP contribution in [0.3, 0.4) is 0 Å². The van der Waals surface area contributed by atoms with E-state index in [1.54, 1.807) is 17.0 Å². The van der Waals surface area contributed by atoms with Crippen LogP contribution in [0, 0.1) is 6.92 Å². The van der Waals surface area contributed by atoms with Crippen molar-refractivity contribution in [2.75, 3.05) is 0 Å². The van der Waals surface area contributed by atoms with Crippen LogP contribution in [0.15, 0.2) is 104 Å². The fourth-order valence-electron chi connectivity index (χ4n) is 5.54. The van der Waals surface area contributed by atoms with Gasteiger partial charge in [-0.2, -0.15) is 5.10 Å². The normalized spacial score (nSPS) is 14.2. The zero-order chi connectivity index (χ0) is 25.9. The summed E-state index contributed by atoms with van der Waals surface area (Å²) in [6.45, 7) is 2.01. The summed E-state index contributed by atoms with van der Waals surface area (Å²) in [5, 5.41) is 12.0. The molecule has 0 spiro atoms. The van der Waals surface area contributed by atoms with Gasteiger partial charge in [0.15, 0.2) is 11.5 Å². The molecule has 1 aliphatic heterocycles. The van der Waals surface area contributed by atoms with Crippen LogP contribution in [-0.4, -0.2) is 34.3 Å². The summed E-state index contributed by atoms with van der Waals surface area (Å²) in [4.78, 5) is 14.2. The van der Waals surface area contributed by atoms with Crippen LogP contribution < -0.4 is 4.74 Å². The van der Waals surface area contributed by atoms with Gasteiger partial charge in [-0.15, -0.1) is 5.10 Å². The van der Waals surface area contributed by atoms with Gasteiger partial charge in [-0.25, -0.2) is 19.2 Å². The van der Waals surface area contributed by atoms with E-state index in [4.69, 9.17) is 24.9 Å². The van der Waals surface area contributed by atoms with Crippen molar-refractivity contribution in [3.05, 3.63) is 126 Å². The van der Waals surface area contributed by atoms with Crippen molar-refractivity contribution in [3.63, 3.8) is 0 Å². The van der Waals surface area contributed by atoms with Crippen molar-refractivity contribution in [1.82, 2.24) is 34.3 Å². The average Bonchev–Trinajstić information content (AvgIpc) is 3.58. The van der Waals surface area contributed by atoms with E-state index in [1.807, 2.05) is 72.4 Å². The first-order valence-electron chi connectivity index (χ1n) is 12.7. The number of aromatic nitrogens is 7. The number of para-hydroxylation sites is 1. The lowest BCUT2D eigenvalue weighted by Gasteiger charge is -2.26. The Morgan fingerprint density at radius 2 is 1.67 bits per heavy atom. The molecule has 3 aromatic carbocycles. The second-order valence-corrected chi connectivity index (χ2v) is 9.57. The number of nitrogens with zero attached hydrogens (tertiary/aromatic N) is 7. The smallest absolute Gasteiger partial charge is 0.230 e. The van der Waals surface area contributed by atoms with Crippen LogP contribution in [0.2, 0.25) is 0 Å². The third-order valence-corrected chi connectivity index (χ3v) is 7.27. The summed E-state index contributed by atoms with van der Waals surface area (Å²) >= 11 is 0. The molecule has 0 radical (unpaired) electrons. The van der Waals surface area contributed by atoms with Crippen molar-refractivity contribution in [2.24, 2.45) is 0 Å². The molecule has 8 rings (SSSR count). The van der Waals surface area contributed by atoms with E-state index < -0.39 is 0 Å².